The number of hydrogen-bond donors (Lipinski definition) is 1. The summed E-state index contributed by atoms with van der Waals surface area (Å²) in [5.41, 5.74) is 11.1. The van der Waals surface area contributed by atoms with E-state index in [1.807, 2.05) is 49.4 Å². The van der Waals surface area contributed by atoms with Crippen LogP contribution in [0.4, 0.5) is 0 Å². The lowest BCUT2D eigenvalue weighted by atomic mass is 9.96. The Hall–Kier alpha value is -3.91. The Labute approximate surface area is 156 Å². The van der Waals surface area contributed by atoms with Gasteiger partial charge in [0.05, 0.1) is 6.20 Å². The van der Waals surface area contributed by atoms with Crippen LogP contribution in [0.3, 0.4) is 0 Å². The monoisotopic (exact) mass is 352 g/mol. The maximum Gasteiger partial charge on any atom is 0.249 e. The van der Waals surface area contributed by atoms with Crippen LogP contribution in [-0.4, -0.2) is 20.5 Å². The van der Waals surface area contributed by atoms with Crippen molar-refractivity contribution in [1.29, 1.82) is 0 Å². The van der Waals surface area contributed by atoms with Crippen LogP contribution >= 0.6 is 0 Å². The summed E-state index contributed by atoms with van der Waals surface area (Å²) in [6, 6.07) is 17.0. The number of amides is 1. The summed E-state index contributed by atoms with van der Waals surface area (Å²) >= 11 is 0. The van der Waals surface area contributed by atoms with Crippen LogP contribution in [-0.2, 0) is 0 Å². The van der Waals surface area contributed by atoms with Crippen LogP contribution in [0.25, 0.3) is 16.8 Å². The molecule has 0 bridgehead atoms. The summed E-state index contributed by atoms with van der Waals surface area (Å²) in [6.45, 7) is 2.00. The minimum absolute atomic E-state index is 0.449. The molecule has 5 heteroatoms. The molecular weight excluding hydrogens is 336 g/mol. The van der Waals surface area contributed by atoms with Crippen LogP contribution < -0.4 is 5.73 Å². The van der Waals surface area contributed by atoms with Crippen molar-refractivity contribution in [3.05, 3.63) is 89.4 Å². The van der Waals surface area contributed by atoms with Gasteiger partial charge in [-0.15, -0.1) is 0 Å². The van der Waals surface area contributed by atoms with Crippen molar-refractivity contribution in [2.75, 3.05) is 0 Å². The molecule has 1 amide bonds. The maximum atomic E-state index is 11.7. The summed E-state index contributed by atoms with van der Waals surface area (Å²) in [6.07, 6.45) is 3.41. The molecule has 0 aliphatic rings. The molecule has 2 heterocycles. The molecule has 0 aliphatic heterocycles. The summed E-state index contributed by atoms with van der Waals surface area (Å²) in [4.78, 5) is 16.0. The molecule has 0 atom stereocenters. The van der Waals surface area contributed by atoms with Crippen LogP contribution in [0, 0.1) is 18.8 Å². The first-order valence-corrected chi connectivity index (χ1v) is 8.44. The van der Waals surface area contributed by atoms with Crippen molar-refractivity contribution in [3.8, 4) is 23.0 Å². The fourth-order valence-electron chi connectivity index (χ4n) is 2.92. The molecule has 0 fully saturated rings. The number of imidazole rings is 1. The first kappa shape index (κ1) is 16.6. The molecule has 0 unspecified atom stereocenters. The zero-order chi connectivity index (χ0) is 18.8. The zero-order valence-corrected chi connectivity index (χ0v) is 14.7. The molecule has 2 aromatic carbocycles. The van der Waals surface area contributed by atoms with Crippen LogP contribution in [0.1, 0.15) is 27.2 Å². The van der Waals surface area contributed by atoms with Crippen molar-refractivity contribution in [2.24, 2.45) is 5.73 Å². The van der Waals surface area contributed by atoms with Gasteiger partial charge in [0.15, 0.2) is 5.65 Å². The Kier molecular flexibility index (Phi) is 4.15. The van der Waals surface area contributed by atoms with Gasteiger partial charge in [0.25, 0.3) is 0 Å². The van der Waals surface area contributed by atoms with Gasteiger partial charge in [-0.3, -0.25) is 4.79 Å². The Balaban J connectivity index is 1.78. The highest BCUT2D eigenvalue weighted by molar-refractivity contribution is 5.99. The molecule has 2 N–H and O–H groups in total. The molecule has 4 rings (SSSR count). The van der Waals surface area contributed by atoms with Gasteiger partial charge in [-0.2, -0.15) is 5.10 Å². The van der Waals surface area contributed by atoms with E-state index in [-0.39, 0.29) is 0 Å². The van der Waals surface area contributed by atoms with Crippen molar-refractivity contribution < 1.29 is 4.79 Å². The predicted molar refractivity (Wildman–Crippen MR) is 104 cm³/mol. The van der Waals surface area contributed by atoms with Gasteiger partial charge in [0, 0.05) is 17.3 Å². The largest absolute Gasteiger partial charge is 0.366 e. The minimum atomic E-state index is -0.449. The Bertz CT molecular complexity index is 1230. The Morgan fingerprint density at radius 1 is 1.07 bits per heavy atom. The van der Waals surface area contributed by atoms with Gasteiger partial charge < -0.3 is 5.73 Å². The number of primary amides is 1. The molecule has 130 valence electrons. The third kappa shape index (κ3) is 3.16. The predicted octanol–water partition coefficient (Wildman–Crippen LogP) is 3.20. The van der Waals surface area contributed by atoms with E-state index < -0.39 is 5.91 Å². The zero-order valence-electron chi connectivity index (χ0n) is 14.7. The normalized spacial score (nSPS) is 10.4. The fourth-order valence-corrected chi connectivity index (χ4v) is 2.92. The summed E-state index contributed by atoms with van der Waals surface area (Å²) < 4.78 is 1.70. The molecular formula is C22H16N4O. The van der Waals surface area contributed by atoms with Gasteiger partial charge >= 0.3 is 0 Å². The lowest BCUT2D eigenvalue weighted by Crippen LogP contribution is -2.12. The quantitative estimate of drug-likeness (QED) is 0.563. The SMILES string of the molecule is Cc1ccc(-c2ccccc2C(N)=O)cc1C#Cc1cnc2cccnn12. The number of aromatic nitrogens is 3. The molecule has 4 aromatic rings. The first-order valence-electron chi connectivity index (χ1n) is 8.44. The third-order valence-corrected chi connectivity index (χ3v) is 4.34. The number of hydrogen-bond acceptors (Lipinski definition) is 3. The lowest BCUT2D eigenvalue weighted by molar-refractivity contribution is 0.100. The molecule has 2 aromatic heterocycles. The topological polar surface area (TPSA) is 73.3 Å². The number of rotatable bonds is 2. The van der Waals surface area contributed by atoms with E-state index in [0.717, 1.165) is 27.9 Å². The average Bonchev–Trinajstić information content (AvgIpc) is 3.10. The van der Waals surface area contributed by atoms with Crippen molar-refractivity contribution in [2.45, 2.75) is 6.92 Å². The number of benzene rings is 2. The van der Waals surface area contributed by atoms with Gasteiger partial charge in [0.2, 0.25) is 5.91 Å². The molecule has 0 aliphatic carbocycles. The second-order valence-electron chi connectivity index (χ2n) is 6.13. The van der Waals surface area contributed by atoms with E-state index in [0.29, 0.717) is 11.3 Å². The number of carbonyl (C=O) groups is 1. The highest BCUT2D eigenvalue weighted by Gasteiger charge is 2.10. The van der Waals surface area contributed by atoms with Crippen molar-refractivity contribution in [3.63, 3.8) is 0 Å². The van der Waals surface area contributed by atoms with Gasteiger partial charge in [-0.25, -0.2) is 9.50 Å². The number of nitrogens with two attached hydrogens (primary N) is 1. The van der Waals surface area contributed by atoms with E-state index in [1.54, 1.807) is 29.0 Å². The average molecular weight is 352 g/mol. The van der Waals surface area contributed by atoms with Crippen molar-refractivity contribution >= 4 is 11.6 Å². The fraction of sp³-hybridized carbons (Fsp3) is 0.0455. The first-order chi connectivity index (χ1) is 13.1. The molecule has 0 radical (unpaired) electrons. The van der Waals surface area contributed by atoms with Crippen LogP contribution in [0.5, 0.6) is 0 Å². The smallest absolute Gasteiger partial charge is 0.249 e. The lowest BCUT2D eigenvalue weighted by Gasteiger charge is -2.08. The third-order valence-electron chi connectivity index (χ3n) is 4.34. The van der Waals surface area contributed by atoms with Gasteiger partial charge in [0.1, 0.15) is 5.69 Å². The molecule has 5 nitrogen and oxygen atoms in total. The van der Waals surface area contributed by atoms with Crippen LogP contribution in [0.2, 0.25) is 0 Å². The number of fused-ring (bicyclic) bond motifs is 1. The highest BCUT2D eigenvalue weighted by Crippen LogP contribution is 2.25. The summed E-state index contributed by atoms with van der Waals surface area (Å²) in [7, 11) is 0. The Morgan fingerprint density at radius 2 is 1.93 bits per heavy atom. The number of carbonyl (C=O) groups excluding carboxylic acids is 1. The number of nitrogens with zero attached hydrogens (tertiary/aromatic N) is 3. The van der Waals surface area contributed by atoms with E-state index in [9.17, 15) is 4.79 Å². The molecule has 0 saturated heterocycles. The molecule has 0 spiro atoms. The minimum Gasteiger partial charge on any atom is -0.366 e. The molecule has 27 heavy (non-hydrogen) atoms. The summed E-state index contributed by atoms with van der Waals surface area (Å²) in [5.74, 6) is 5.89. The van der Waals surface area contributed by atoms with Crippen molar-refractivity contribution in [1.82, 2.24) is 14.6 Å². The van der Waals surface area contributed by atoms with Crippen LogP contribution in [0.15, 0.2) is 67.0 Å². The van der Waals surface area contributed by atoms with Gasteiger partial charge in [-0.1, -0.05) is 36.3 Å². The second kappa shape index (κ2) is 6.77. The number of aryl methyl sites for hydroxylation is 1. The maximum absolute atomic E-state index is 11.7. The van der Waals surface area contributed by atoms with E-state index in [4.69, 9.17) is 5.73 Å². The van der Waals surface area contributed by atoms with E-state index >= 15 is 0 Å². The van der Waals surface area contributed by atoms with Gasteiger partial charge in [-0.05, 0) is 53.8 Å². The Morgan fingerprint density at radius 3 is 2.78 bits per heavy atom. The highest BCUT2D eigenvalue weighted by atomic mass is 16.1. The summed E-state index contributed by atoms with van der Waals surface area (Å²) in [5, 5.41) is 4.27. The standard InChI is InChI=1S/C22H16N4O/c1-15-8-9-17(19-5-2-3-6-20(19)22(23)27)13-16(15)10-11-18-14-24-21-7-4-12-25-26(18)21/h2-9,12-14H,1H3,(H2,23,27). The van der Waals surface area contributed by atoms with E-state index in [1.165, 1.54) is 0 Å². The second-order valence-corrected chi connectivity index (χ2v) is 6.13. The van der Waals surface area contributed by atoms with E-state index in [2.05, 4.69) is 21.9 Å². The molecule has 0 saturated carbocycles.